The summed E-state index contributed by atoms with van der Waals surface area (Å²) in [4.78, 5) is 11.6. The van der Waals surface area contributed by atoms with E-state index in [9.17, 15) is 4.79 Å². The van der Waals surface area contributed by atoms with Gasteiger partial charge in [-0.1, -0.05) is 0 Å². The van der Waals surface area contributed by atoms with E-state index in [1.54, 1.807) is 6.20 Å². The molecule has 0 unspecified atom stereocenters. The van der Waals surface area contributed by atoms with Crippen LogP contribution in [-0.2, 0) is 0 Å². The van der Waals surface area contributed by atoms with Gasteiger partial charge in [-0.05, 0) is 19.8 Å². The van der Waals surface area contributed by atoms with Crippen LogP contribution in [0.2, 0.25) is 0 Å². The summed E-state index contributed by atoms with van der Waals surface area (Å²) in [7, 11) is 0. The Morgan fingerprint density at radius 3 is 2.93 bits per heavy atom. The van der Waals surface area contributed by atoms with E-state index in [4.69, 9.17) is 5.73 Å². The molecule has 1 saturated carbocycles. The molecule has 0 bridgehead atoms. The zero-order valence-corrected chi connectivity index (χ0v) is 8.08. The zero-order valence-electron chi connectivity index (χ0n) is 8.08. The topological polar surface area (TPSA) is 83.8 Å². The zero-order chi connectivity index (χ0) is 10.1. The molecule has 5 heteroatoms. The minimum atomic E-state index is -0.0619. The molecule has 0 aliphatic heterocycles. The number of nitrogens with one attached hydrogen (secondary N) is 2. The fourth-order valence-corrected chi connectivity index (χ4v) is 1.62. The Labute approximate surface area is 82.1 Å². The summed E-state index contributed by atoms with van der Waals surface area (Å²) in [5.74, 6) is -0.0619. The van der Waals surface area contributed by atoms with Crippen molar-refractivity contribution in [2.45, 2.75) is 31.8 Å². The average Bonchev–Trinajstić information content (AvgIpc) is 2.48. The van der Waals surface area contributed by atoms with Crippen LogP contribution in [0.25, 0.3) is 0 Å². The maximum absolute atomic E-state index is 11.6. The summed E-state index contributed by atoms with van der Waals surface area (Å²) in [6.07, 6.45) is 3.30. The normalized spacial score (nSPS) is 25.6. The first-order valence-corrected chi connectivity index (χ1v) is 4.73. The van der Waals surface area contributed by atoms with E-state index >= 15 is 0 Å². The molecule has 1 aromatic rings. The summed E-state index contributed by atoms with van der Waals surface area (Å²) in [5.41, 5.74) is 7.04. The maximum Gasteiger partial charge on any atom is 0.254 e. The minimum Gasteiger partial charge on any atom is -0.349 e. The number of rotatable bonds is 2. The Morgan fingerprint density at radius 1 is 1.71 bits per heavy atom. The molecule has 1 aliphatic rings. The van der Waals surface area contributed by atoms with Crippen LogP contribution >= 0.6 is 0 Å². The molecule has 0 saturated heterocycles. The molecule has 5 nitrogen and oxygen atoms in total. The fourth-order valence-electron chi connectivity index (χ4n) is 1.62. The summed E-state index contributed by atoms with van der Waals surface area (Å²) in [5, 5.41) is 9.44. The standard InChI is InChI=1S/C9H14N4O/c1-5-8(4-11-13-5)9(14)12-7-2-6(10)3-7/h4,6-7H,2-3,10H2,1H3,(H,11,13)(H,12,14). The lowest BCUT2D eigenvalue weighted by molar-refractivity contribution is 0.0909. The first-order chi connectivity index (χ1) is 6.66. The Balaban J connectivity index is 1.93. The minimum absolute atomic E-state index is 0.0619. The van der Waals surface area contributed by atoms with E-state index in [0.717, 1.165) is 18.5 Å². The van der Waals surface area contributed by atoms with Crippen LogP contribution in [-0.4, -0.2) is 28.2 Å². The van der Waals surface area contributed by atoms with Crippen LogP contribution in [0, 0.1) is 6.92 Å². The van der Waals surface area contributed by atoms with Gasteiger partial charge in [0.25, 0.3) is 5.91 Å². The Morgan fingerprint density at radius 2 is 2.43 bits per heavy atom. The molecule has 1 amide bonds. The van der Waals surface area contributed by atoms with E-state index in [0.29, 0.717) is 5.56 Å². The molecular weight excluding hydrogens is 180 g/mol. The predicted molar refractivity (Wildman–Crippen MR) is 51.8 cm³/mol. The molecule has 1 aliphatic carbocycles. The van der Waals surface area contributed by atoms with Crippen molar-refractivity contribution in [1.82, 2.24) is 15.5 Å². The van der Waals surface area contributed by atoms with Crippen molar-refractivity contribution >= 4 is 5.91 Å². The SMILES string of the molecule is Cc1[nH]ncc1C(=O)NC1CC(N)C1. The molecule has 0 aromatic carbocycles. The van der Waals surface area contributed by atoms with Gasteiger partial charge in [-0.2, -0.15) is 5.10 Å². The van der Waals surface area contributed by atoms with E-state index in [1.807, 2.05) is 6.92 Å². The molecule has 0 spiro atoms. The highest BCUT2D eigenvalue weighted by atomic mass is 16.1. The largest absolute Gasteiger partial charge is 0.349 e. The number of carbonyl (C=O) groups is 1. The van der Waals surface area contributed by atoms with Gasteiger partial charge < -0.3 is 11.1 Å². The molecule has 1 heterocycles. The highest BCUT2D eigenvalue weighted by Gasteiger charge is 2.27. The average molecular weight is 194 g/mol. The second-order valence-corrected chi connectivity index (χ2v) is 3.81. The van der Waals surface area contributed by atoms with Gasteiger partial charge in [-0.15, -0.1) is 0 Å². The molecule has 14 heavy (non-hydrogen) atoms. The quantitative estimate of drug-likeness (QED) is 0.616. The molecule has 0 radical (unpaired) electrons. The number of H-pyrrole nitrogens is 1. The summed E-state index contributed by atoms with van der Waals surface area (Å²) in [6.45, 7) is 1.83. The number of aromatic amines is 1. The first kappa shape index (κ1) is 9.21. The number of hydrogen-bond donors (Lipinski definition) is 3. The van der Waals surface area contributed by atoms with Gasteiger partial charge >= 0.3 is 0 Å². The highest BCUT2D eigenvalue weighted by molar-refractivity contribution is 5.95. The van der Waals surface area contributed by atoms with Crippen molar-refractivity contribution in [3.8, 4) is 0 Å². The number of nitrogens with two attached hydrogens (primary N) is 1. The second-order valence-electron chi connectivity index (χ2n) is 3.81. The maximum atomic E-state index is 11.6. The van der Waals surface area contributed by atoms with Crippen LogP contribution < -0.4 is 11.1 Å². The second kappa shape index (κ2) is 3.42. The number of carbonyl (C=O) groups excluding carboxylic acids is 1. The number of aromatic nitrogens is 2. The van der Waals surface area contributed by atoms with Gasteiger partial charge in [0.1, 0.15) is 0 Å². The van der Waals surface area contributed by atoms with Crippen LogP contribution in [0.4, 0.5) is 0 Å². The van der Waals surface area contributed by atoms with Crippen LogP contribution in [0.3, 0.4) is 0 Å². The third-order valence-corrected chi connectivity index (χ3v) is 2.58. The van der Waals surface area contributed by atoms with Crippen molar-refractivity contribution in [3.05, 3.63) is 17.5 Å². The smallest absolute Gasteiger partial charge is 0.254 e. The first-order valence-electron chi connectivity index (χ1n) is 4.73. The van der Waals surface area contributed by atoms with Gasteiger partial charge in [-0.3, -0.25) is 9.89 Å². The van der Waals surface area contributed by atoms with E-state index in [-0.39, 0.29) is 18.0 Å². The van der Waals surface area contributed by atoms with Crippen molar-refractivity contribution in [1.29, 1.82) is 0 Å². The van der Waals surface area contributed by atoms with Gasteiger partial charge in [-0.25, -0.2) is 0 Å². The highest BCUT2D eigenvalue weighted by Crippen LogP contribution is 2.18. The fraction of sp³-hybridized carbons (Fsp3) is 0.556. The van der Waals surface area contributed by atoms with E-state index < -0.39 is 0 Å². The van der Waals surface area contributed by atoms with Crippen LogP contribution in [0.1, 0.15) is 28.9 Å². The Kier molecular flexibility index (Phi) is 2.25. The van der Waals surface area contributed by atoms with Crippen molar-refractivity contribution in [2.24, 2.45) is 5.73 Å². The van der Waals surface area contributed by atoms with E-state index in [1.165, 1.54) is 0 Å². The third-order valence-electron chi connectivity index (χ3n) is 2.58. The summed E-state index contributed by atoms with van der Waals surface area (Å²) in [6, 6.07) is 0.498. The lowest BCUT2D eigenvalue weighted by Crippen LogP contribution is -2.50. The van der Waals surface area contributed by atoms with Gasteiger partial charge in [0.05, 0.1) is 11.8 Å². The molecule has 0 atom stereocenters. The van der Waals surface area contributed by atoms with Gasteiger partial charge in [0.2, 0.25) is 0 Å². The van der Waals surface area contributed by atoms with Crippen LogP contribution in [0.5, 0.6) is 0 Å². The molecule has 4 N–H and O–H groups in total. The van der Waals surface area contributed by atoms with Gasteiger partial charge in [0.15, 0.2) is 0 Å². The molecule has 76 valence electrons. The number of aryl methyl sites for hydroxylation is 1. The van der Waals surface area contributed by atoms with Crippen molar-refractivity contribution in [3.63, 3.8) is 0 Å². The Bertz CT molecular complexity index is 340. The molecular formula is C9H14N4O. The van der Waals surface area contributed by atoms with Crippen LogP contribution in [0.15, 0.2) is 6.20 Å². The number of hydrogen-bond acceptors (Lipinski definition) is 3. The van der Waals surface area contributed by atoms with Crippen molar-refractivity contribution in [2.75, 3.05) is 0 Å². The monoisotopic (exact) mass is 194 g/mol. The van der Waals surface area contributed by atoms with E-state index in [2.05, 4.69) is 15.5 Å². The predicted octanol–water partition coefficient (Wildman–Crippen LogP) is -0.0624. The molecule has 2 rings (SSSR count). The lowest BCUT2D eigenvalue weighted by Gasteiger charge is -2.32. The molecule has 1 aromatic heterocycles. The molecule has 1 fully saturated rings. The Hall–Kier alpha value is -1.36. The summed E-state index contributed by atoms with van der Waals surface area (Å²) >= 11 is 0. The third kappa shape index (κ3) is 1.63. The number of nitrogens with zero attached hydrogens (tertiary/aromatic N) is 1. The van der Waals surface area contributed by atoms with Crippen molar-refractivity contribution < 1.29 is 4.79 Å². The summed E-state index contributed by atoms with van der Waals surface area (Å²) < 4.78 is 0. The lowest BCUT2D eigenvalue weighted by atomic mass is 9.87. The van der Waals surface area contributed by atoms with Gasteiger partial charge in [0, 0.05) is 17.8 Å². The number of amides is 1.